The third-order valence-electron chi connectivity index (χ3n) is 2.26. The molecule has 0 aliphatic rings. The zero-order valence-electron chi connectivity index (χ0n) is 8.44. The van der Waals surface area contributed by atoms with E-state index in [-0.39, 0.29) is 0 Å². The molecule has 0 aliphatic carbocycles. The molecule has 0 aliphatic heterocycles. The minimum atomic E-state index is -0.733. The van der Waals surface area contributed by atoms with Crippen LogP contribution in [-0.4, -0.2) is 10.1 Å². The molecule has 1 aromatic heterocycles. The van der Waals surface area contributed by atoms with Crippen molar-refractivity contribution in [1.82, 2.24) is 4.98 Å². The number of aliphatic hydroxyl groups is 1. The quantitative estimate of drug-likeness (QED) is 0.711. The molecule has 15 heavy (non-hydrogen) atoms. The van der Waals surface area contributed by atoms with Gasteiger partial charge in [0, 0.05) is 17.1 Å². The first-order chi connectivity index (χ1) is 7.33. The highest BCUT2D eigenvalue weighted by atomic mass is 16.3. The van der Waals surface area contributed by atoms with Gasteiger partial charge in [-0.15, -0.1) is 5.92 Å². The van der Waals surface area contributed by atoms with Gasteiger partial charge in [-0.05, 0) is 19.1 Å². The molecular weight excluding hydrogens is 186 g/mol. The van der Waals surface area contributed by atoms with E-state index in [1.807, 2.05) is 24.3 Å². The third kappa shape index (κ3) is 1.83. The molecule has 1 aromatic carbocycles. The fraction of sp³-hybridized carbons (Fsp3) is 0.154. The zero-order chi connectivity index (χ0) is 10.7. The lowest BCUT2D eigenvalue weighted by atomic mass is 10.0. The van der Waals surface area contributed by atoms with Crippen LogP contribution in [0.25, 0.3) is 10.9 Å². The van der Waals surface area contributed by atoms with Crippen LogP contribution in [0, 0.1) is 11.8 Å². The number of hydrogen-bond acceptors (Lipinski definition) is 2. The van der Waals surface area contributed by atoms with Gasteiger partial charge < -0.3 is 5.11 Å². The molecule has 2 rings (SSSR count). The second-order valence-electron chi connectivity index (χ2n) is 3.21. The van der Waals surface area contributed by atoms with Crippen molar-refractivity contribution >= 4 is 10.9 Å². The molecule has 2 heteroatoms. The topological polar surface area (TPSA) is 33.1 Å². The average Bonchev–Trinajstić information content (AvgIpc) is 2.28. The molecule has 0 saturated carbocycles. The van der Waals surface area contributed by atoms with Gasteiger partial charge in [-0.1, -0.05) is 24.1 Å². The van der Waals surface area contributed by atoms with E-state index < -0.39 is 6.10 Å². The van der Waals surface area contributed by atoms with Crippen molar-refractivity contribution in [2.45, 2.75) is 13.0 Å². The van der Waals surface area contributed by atoms with Crippen LogP contribution < -0.4 is 0 Å². The van der Waals surface area contributed by atoms with Crippen LogP contribution in [0.2, 0.25) is 0 Å². The molecule has 0 bridgehead atoms. The lowest BCUT2D eigenvalue weighted by Gasteiger charge is -2.07. The van der Waals surface area contributed by atoms with Crippen molar-refractivity contribution in [3.63, 3.8) is 0 Å². The van der Waals surface area contributed by atoms with Gasteiger partial charge in [0.15, 0.2) is 0 Å². The molecule has 0 spiro atoms. The Morgan fingerprint density at radius 1 is 1.27 bits per heavy atom. The summed E-state index contributed by atoms with van der Waals surface area (Å²) in [7, 11) is 0. The third-order valence-corrected chi connectivity index (χ3v) is 2.26. The molecule has 0 fully saturated rings. The first kappa shape index (κ1) is 9.70. The summed E-state index contributed by atoms with van der Waals surface area (Å²) in [6, 6.07) is 9.52. The number of aromatic nitrogens is 1. The zero-order valence-corrected chi connectivity index (χ0v) is 8.44. The number of benzene rings is 1. The Morgan fingerprint density at radius 2 is 2.07 bits per heavy atom. The van der Waals surface area contributed by atoms with E-state index >= 15 is 0 Å². The predicted octanol–water partition coefficient (Wildman–Crippen LogP) is 2.29. The smallest absolute Gasteiger partial charge is 0.140 e. The molecular formula is C13H11NO. The largest absolute Gasteiger partial charge is 0.376 e. The molecule has 1 N–H and O–H groups in total. The highest BCUT2D eigenvalue weighted by molar-refractivity contribution is 5.82. The summed E-state index contributed by atoms with van der Waals surface area (Å²) < 4.78 is 0. The van der Waals surface area contributed by atoms with Gasteiger partial charge in [-0.2, -0.15) is 0 Å². The second-order valence-corrected chi connectivity index (χ2v) is 3.21. The number of fused-ring (bicyclic) bond motifs is 1. The van der Waals surface area contributed by atoms with Crippen LogP contribution in [0.3, 0.4) is 0 Å². The van der Waals surface area contributed by atoms with Crippen LogP contribution in [-0.2, 0) is 0 Å². The number of rotatable bonds is 1. The van der Waals surface area contributed by atoms with Gasteiger partial charge in [0.2, 0.25) is 0 Å². The lowest BCUT2D eigenvalue weighted by Crippen LogP contribution is -1.95. The first-order valence-corrected chi connectivity index (χ1v) is 4.77. The van der Waals surface area contributed by atoms with Gasteiger partial charge in [0.25, 0.3) is 0 Å². The molecule has 1 unspecified atom stereocenters. The van der Waals surface area contributed by atoms with E-state index in [0.717, 1.165) is 16.5 Å². The summed E-state index contributed by atoms with van der Waals surface area (Å²) in [4.78, 5) is 4.23. The fourth-order valence-corrected chi connectivity index (χ4v) is 1.57. The number of pyridine rings is 1. The standard InChI is InChI=1S/C13H11NO/c1-2-5-13(15)11-8-9-14-12-7-4-3-6-10(11)12/h3-4,6-9,13,15H,1H3. The van der Waals surface area contributed by atoms with E-state index in [1.54, 1.807) is 19.2 Å². The Labute approximate surface area is 88.6 Å². The summed E-state index contributed by atoms with van der Waals surface area (Å²) in [5.41, 5.74) is 1.70. The number of aliphatic hydroxyl groups excluding tert-OH is 1. The molecule has 0 radical (unpaired) electrons. The van der Waals surface area contributed by atoms with Gasteiger partial charge in [-0.25, -0.2) is 0 Å². The fourth-order valence-electron chi connectivity index (χ4n) is 1.57. The Bertz CT molecular complexity index is 531. The summed E-state index contributed by atoms with van der Waals surface area (Å²) in [6.07, 6.45) is 0.959. The Balaban J connectivity index is 2.63. The van der Waals surface area contributed by atoms with Crippen LogP contribution in [0.15, 0.2) is 36.5 Å². The van der Waals surface area contributed by atoms with Crippen molar-refractivity contribution < 1.29 is 5.11 Å². The van der Waals surface area contributed by atoms with Crippen molar-refractivity contribution in [1.29, 1.82) is 0 Å². The highest BCUT2D eigenvalue weighted by Gasteiger charge is 2.07. The summed E-state index contributed by atoms with van der Waals surface area (Å²) in [6.45, 7) is 1.71. The van der Waals surface area contributed by atoms with Gasteiger partial charge in [-0.3, -0.25) is 4.98 Å². The summed E-state index contributed by atoms with van der Waals surface area (Å²) >= 11 is 0. The Hall–Kier alpha value is -1.85. The van der Waals surface area contributed by atoms with Crippen LogP contribution >= 0.6 is 0 Å². The highest BCUT2D eigenvalue weighted by Crippen LogP contribution is 2.21. The maximum atomic E-state index is 9.82. The number of para-hydroxylation sites is 1. The average molecular weight is 197 g/mol. The predicted molar refractivity (Wildman–Crippen MR) is 60.2 cm³/mol. The molecule has 1 atom stereocenters. The van der Waals surface area contributed by atoms with Gasteiger partial charge in [0.05, 0.1) is 5.52 Å². The van der Waals surface area contributed by atoms with Gasteiger partial charge >= 0.3 is 0 Å². The van der Waals surface area contributed by atoms with E-state index in [0.29, 0.717) is 0 Å². The SMILES string of the molecule is CC#CC(O)c1ccnc2ccccc12. The summed E-state index contributed by atoms with van der Waals surface area (Å²) in [5, 5.41) is 10.8. The van der Waals surface area contributed by atoms with Crippen molar-refractivity contribution in [3.05, 3.63) is 42.1 Å². The van der Waals surface area contributed by atoms with Crippen LogP contribution in [0.4, 0.5) is 0 Å². The van der Waals surface area contributed by atoms with E-state index in [1.165, 1.54) is 0 Å². The monoisotopic (exact) mass is 197 g/mol. The maximum Gasteiger partial charge on any atom is 0.140 e. The minimum absolute atomic E-state index is 0.733. The van der Waals surface area contributed by atoms with E-state index in [2.05, 4.69) is 16.8 Å². The molecule has 2 nitrogen and oxygen atoms in total. The Kier molecular flexibility index (Phi) is 2.66. The van der Waals surface area contributed by atoms with Crippen molar-refractivity contribution in [3.8, 4) is 11.8 Å². The molecule has 2 aromatic rings. The number of hydrogen-bond donors (Lipinski definition) is 1. The summed E-state index contributed by atoms with van der Waals surface area (Å²) in [5.74, 6) is 5.44. The lowest BCUT2D eigenvalue weighted by molar-refractivity contribution is 0.240. The van der Waals surface area contributed by atoms with Crippen molar-refractivity contribution in [2.75, 3.05) is 0 Å². The van der Waals surface area contributed by atoms with Crippen LogP contribution in [0.5, 0.6) is 0 Å². The molecule has 1 heterocycles. The maximum absolute atomic E-state index is 9.82. The number of nitrogens with zero attached hydrogens (tertiary/aromatic N) is 1. The molecule has 74 valence electrons. The molecule has 0 amide bonds. The van der Waals surface area contributed by atoms with E-state index in [4.69, 9.17) is 0 Å². The minimum Gasteiger partial charge on any atom is -0.376 e. The molecule has 0 saturated heterocycles. The van der Waals surface area contributed by atoms with Crippen LogP contribution in [0.1, 0.15) is 18.6 Å². The van der Waals surface area contributed by atoms with E-state index in [9.17, 15) is 5.11 Å². The normalized spacial score (nSPS) is 11.9. The van der Waals surface area contributed by atoms with Crippen molar-refractivity contribution in [2.24, 2.45) is 0 Å². The second kappa shape index (κ2) is 4.12. The Morgan fingerprint density at radius 3 is 2.87 bits per heavy atom. The first-order valence-electron chi connectivity index (χ1n) is 4.77. The van der Waals surface area contributed by atoms with Gasteiger partial charge in [0.1, 0.15) is 6.10 Å².